The van der Waals surface area contributed by atoms with E-state index in [0.717, 1.165) is 0 Å². The molecule has 5 aromatic carbocycles. The van der Waals surface area contributed by atoms with Gasteiger partial charge < -0.3 is 18.9 Å². The molecule has 0 fully saturated rings. The monoisotopic (exact) mass is 664 g/mol. The number of para-hydroxylation sites is 1. The Morgan fingerprint density at radius 1 is 0.872 bits per heavy atom. The van der Waals surface area contributed by atoms with Gasteiger partial charge in [0.05, 0.1) is 25.0 Å². The van der Waals surface area contributed by atoms with Crippen LogP contribution in [0.25, 0.3) is 0 Å². The zero-order valence-corrected chi connectivity index (χ0v) is 26.7. The molecule has 0 N–H and O–H groups in total. The van der Waals surface area contributed by atoms with Crippen LogP contribution in [0.2, 0.25) is 10.0 Å². The van der Waals surface area contributed by atoms with Gasteiger partial charge in [-0.25, -0.2) is 9.80 Å². The van der Waals surface area contributed by atoms with E-state index < -0.39 is 11.5 Å². The molecule has 1 amide bonds. The Kier molecular flexibility index (Phi) is 7.83. The summed E-state index contributed by atoms with van der Waals surface area (Å²) >= 11 is 12.6. The summed E-state index contributed by atoms with van der Waals surface area (Å²) in [5.74, 6) is 1.11. The van der Waals surface area contributed by atoms with Crippen LogP contribution >= 0.6 is 23.2 Å². The van der Waals surface area contributed by atoms with Gasteiger partial charge in [-0.3, -0.25) is 4.79 Å². The van der Waals surface area contributed by atoms with Crippen LogP contribution in [0.1, 0.15) is 49.9 Å². The van der Waals surface area contributed by atoms with Gasteiger partial charge in [-0.2, -0.15) is 5.10 Å². The minimum absolute atomic E-state index is 0.236. The van der Waals surface area contributed by atoms with E-state index in [1.54, 1.807) is 72.8 Å². The molecule has 0 aromatic heterocycles. The van der Waals surface area contributed by atoms with E-state index in [-0.39, 0.29) is 17.2 Å². The van der Waals surface area contributed by atoms with Crippen molar-refractivity contribution in [1.82, 2.24) is 5.01 Å². The number of carbonyl (C=O) groups is 2. The van der Waals surface area contributed by atoms with Crippen molar-refractivity contribution in [2.24, 2.45) is 5.10 Å². The standard InChI is InChI=1S/C37H26Cl2N2O6/c1-3-45-24-14-16-29-33(19-24)47-34-20-25(46-36(43)27-9-5-7-11-32(27)44-2)15-17-30(34)37(29)28-10-6-4-8-26(28)35(42)41(37)40-21-22-12-13-23(38)18-31(22)39/h4-21H,3H2,1-2H3/b40-21+. The van der Waals surface area contributed by atoms with Crippen LogP contribution in [0.3, 0.4) is 0 Å². The molecule has 8 nitrogen and oxygen atoms in total. The third kappa shape index (κ3) is 5.06. The average molecular weight is 666 g/mol. The topological polar surface area (TPSA) is 86.7 Å². The Hall–Kier alpha value is -5.31. The van der Waals surface area contributed by atoms with Crippen molar-refractivity contribution < 1.29 is 28.5 Å². The summed E-state index contributed by atoms with van der Waals surface area (Å²) < 4.78 is 23.4. The van der Waals surface area contributed by atoms with E-state index in [1.165, 1.54) is 18.3 Å². The Balaban J connectivity index is 1.41. The first-order valence-electron chi connectivity index (χ1n) is 14.7. The molecule has 2 aliphatic rings. The number of hydrogen-bond acceptors (Lipinski definition) is 7. The van der Waals surface area contributed by atoms with Crippen molar-refractivity contribution >= 4 is 41.3 Å². The van der Waals surface area contributed by atoms with Crippen LogP contribution in [-0.2, 0) is 5.54 Å². The number of hydrazone groups is 1. The van der Waals surface area contributed by atoms with Gasteiger partial charge in [0.1, 0.15) is 39.8 Å². The lowest BCUT2D eigenvalue weighted by atomic mass is 9.75. The normalized spacial score (nSPS) is 16.0. The second-order valence-electron chi connectivity index (χ2n) is 10.7. The van der Waals surface area contributed by atoms with Crippen molar-refractivity contribution in [2.75, 3.05) is 13.7 Å². The smallest absolute Gasteiger partial charge is 0.347 e. The lowest BCUT2D eigenvalue weighted by molar-refractivity contribution is 0.0675. The molecule has 0 radical (unpaired) electrons. The largest absolute Gasteiger partial charge is 0.496 e. The fourth-order valence-electron chi connectivity index (χ4n) is 6.08. The number of rotatable bonds is 7. The summed E-state index contributed by atoms with van der Waals surface area (Å²) in [5, 5.41) is 7.10. The van der Waals surface area contributed by atoms with E-state index in [9.17, 15) is 9.59 Å². The molecule has 1 spiro atoms. The van der Waals surface area contributed by atoms with Crippen LogP contribution in [0, 0.1) is 0 Å². The number of benzene rings is 5. The summed E-state index contributed by atoms with van der Waals surface area (Å²) in [6.45, 7) is 2.34. The number of methoxy groups -OCH3 is 1. The highest BCUT2D eigenvalue weighted by atomic mass is 35.5. The van der Waals surface area contributed by atoms with Crippen LogP contribution < -0.4 is 18.9 Å². The van der Waals surface area contributed by atoms with Gasteiger partial charge >= 0.3 is 5.97 Å². The molecule has 7 rings (SSSR count). The fraction of sp³-hybridized carbons (Fsp3) is 0.108. The molecular weight excluding hydrogens is 639 g/mol. The first-order chi connectivity index (χ1) is 22.8. The van der Waals surface area contributed by atoms with Crippen molar-refractivity contribution in [3.8, 4) is 28.7 Å². The van der Waals surface area contributed by atoms with E-state index in [2.05, 4.69) is 0 Å². The minimum Gasteiger partial charge on any atom is -0.496 e. The Labute approximate surface area is 280 Å². The Morgan fingerprint density at radius 3 is 2.32 bits per heavy atom. The van der Waals surface area contributed by atoms with E-state index in [1.807, 2.05) is 37.3 Å². The van der Waals surface area contributed by atoms with Gasteiger partial charge in [-0.15, -0.1) is 0 Å². The summed E-state index contributed by atoms with van der Waals surface area (Å²) in [6, 6.07) is 29.8. The van der Waals surface area contributed by atoms with Crippen LogP contribution in [-0.4, -0.2) is 36.8 Å². The molecule has 0 aliphatic carbocycles. The number of esters is 1. The maximum Gasteiger partial charge on any atom is 0.347 e. The second kappa shape index (κ2) is 12.1. The molecule has 2 aliphatic heterocycles. The molecule has 2 heterocycles. The third-order valence-electron chi connectivity index (χ3n) is 8.09. The SMILES string of the molecule is CCOc1ccc2c(c1)Oc1cc(OC(=O)c3ccccc3OC)ccc1C21c2ccccc2C(=O)N1/N=C/c1ccc(Cl)cc1Cl. The predicted octanol–water partition coefficient (Wildman–Crippen LogP) is 8.51. The number of fused-ring (bicyclic) bond motifs is 6. The quantitative estimate of drug-likeness (QED) is 0.0985. The zero-order valence-electron chi connectivity index (χ0n) is 25.2. The highest BCUT2D eigenvalue weighted by Gasteiger charge is 2.57. The van der Waals surface area contributed by atoms with Crippen molar-refractivity contribution in [3.63, 3.8) is 0 Å². The maximum absolute atomic E-state index is 14.3. The molecule has 1 atom stereocenters. The third-order valence-corrected chi connectivity index (χ3v) is 8.65. The molecule has 5 aromatic rings. The zero-order chi connectivity index (χ0) is 32.7. The second-order valence-corrected chi connectivity index (χ2v) is 11.6. The first kappa shape index (κ1) is 30.3. The van der Waals surface area contributed by atoms with Crippen molar-refractivity contribution in [1.29, 1.82) is 0 Å². The van der Waals surface area contributed by atoms with Gasteiger partial charge in [0, 0.05) is 45.0 Å². The van der Waals surface area contributed by atoms with Crippen molar-refractivity contribution in [3.05, 3.63) is 147 Å². The van der Waals surface area contributed by atoms with Gasteiger partial charge in [0.25, 0.3) is 5.91 Å². The number of ether oxygens (including phenoxy) is 4. The highest BCUT2D eigenvalue weighted by Crippen LogP contribution is 2.58. The van der Waals surface area contributed by atoms with Gasteiger partial charge in [-0.05, 0) is 61.5 Å². The van der Waals surface area contributed by atoms with Gasteiger partial charge in [0.2, 0.25) is 0 Å². The molecular formula is C37H26Cl2N2O6. The summed E-state index contributed by atoms with van der Waals surface area (Å²) in [4.78, 5) is 27.5. The van der Waals surface area contributed by atoms with E-state index in [0.29, 0.717) is 67.5 Å². The Bertz CT molecular complexity index is 2100. The number of amides is 1. The summed E-state index contributed by atoms with van der Waals surface area (Å²) in [5.41, 5.74) is 2.06. The molecule has 1 unspecified atom stereocenters. The highest BCUT2D eigenvalue weighted by molar-refractivity contribution is 6.36. The van der Waals surface area contributed by atoms with Crippen molar-refractivity contribution in [2.45, 2.75) is 12.5 Å². The maximum atomic E-state index is 14.3. The number of halogens is 2. The Morgan fingerprint density at radius 2 is 1.57 bits per heavy atom. The van der Waals surface area contributed by atoms with Crippen LogP contribution in [0.5, 0.6) is 28.7 Å². The number of hydrogen-bond donors (Lipinski definition) is 0. The minimum atomic E-state index is -1.26. The fourth-order valence-corrected chi connectivity index (χ4v) is 6.54. The van der Waals surface area contributed by atoms with Crippen LogP contribution in [0.15, 0.2) is 108 Å². The van der Waals surface area contributed by atoms with E-state index in [4.69, 9.17) is 47.3 Å². The summed E-state index contributed by atoms with van der Waals surface area (Å²) in [7, 11) is 1.49. The van der Waals surface area contributed by atoms with Crippen LogP contribution in [0.4, 0.5) is 0 Å². The average Bonchev–Trinajstić information content (AvgIpc) is 3.32. The lowest BCUT2D eigenvalue weighted by Gasteiger charge is -2.41. The van der Waals surface area contributed by atoms with E-state index >= 15 is 0 Å². The predicted molar refractivity (Wildman–Crippen MR) is 179 cm³/mol. The number of nitrogens with zero attached hydrogens (tertiary/aromatic N) is 2. The lowest BCUT2D eigenvalue weighted by Crippen LogP contribution is -2.44. The van der Waals surface area contributed by atoms with Gasteiger partial charge in [0.15, 0.2) is 0 Å². The molecule has 10 heteroatoms. The molecule has 0 saturated heterocycles. The molecule has 0 bridgehead atoms. The molecule has 0 saturated carbocycles. The van der Waals surface area contributed by atoms with Gasteiger partial charge in [-0.1, -0.05) is 59.6 Å². The molecule has 47 heavy (non-hydrogen) atoms. The first-order valence-corrected chi connectivity index (χ1v) is 15.5. The summed E-state index contributed by atoms with van der Waals surface area (Å²) in [6.07, 6.45) is 1.54. The molecule has 234 valence electrons. The number of carbonyl (C=O) groups excluding carboxylic acids is 2.